The number of carbonyl (C=O) groups excluding carboxylic acids is 1. The van der Waals surface area contributed by atoms with Crippen LogP contribution in [-0.4, -0.2) is 24.1 Å². The lowest BCUT2D eigenvalue weighted by Gasteiger charge is -2.09. The predicted molar refractivity (Wildman–Crippen MR) is 89.0 cm³/mol. The van der Waals surface area contributed by atoms with E-state index >= 15 is 0 Å². The molecule has 1 fully saturated rings. The maximum absolute atomic E-state index is 12.9. The van der Waals surface area contributed by atoms with Gasteiger partial charge in [0.1, 0.15) is 17.1 Å². The van der Waals surface area contributed by atoms with E-state index in [4.69, 9.17) is 9.84 Å². The van der Waals surface area contributed by atoms with Crippen molar-refractivity contribution in [1.82, 2.24) is 5.32 Å². The molecule has 0 spiro atoms. The van der Waals surface area contributed by atoms with Crippen molar-refractivity contribution in [2.24, 2.45) is 5.92 Å². The molecule has 25 heavy (non-hydrogen) atoms. The van der Waals surface area contributed by atoms with Gasteiger partial charge in [-0.15, -0.1) is 0 Å². The third-order valence-electron chi connectivity index (χ3n) is 4.39. The van der Waals surface area contributed by atoms with E-state index in [9.17, 15) is 14.0 Å². The Bertz CT molecular complexity index is 804. The first-order chi connectivity index (χ1) is 12.0. The number of rotatable bonds is 6. The van der Waals surface area contributed by atoms with Crippen molar-refractivity contribution in [1.29, 1.82) is 0 Å². The highest BCUT2D eigenvalue weighted by molar-refractivity contribution is 5.91. The summed E-state index contributed by atoms with van der Waals surface area (Å²) >= 11 is 0. The molecule has 130 valence electrons. The van der Waals surface area contributed by atoms with E-state index in [0.717, 1.165) is 17.5 Å². The molecule has 0 radical (unpaired) electrons. The average molecular weight is 343 g/mol. The summed E-state index contributed by atoms with van der Waals surface area (Å²) in [5.74, 6) is -1.13. The Morgan fingerprint density at radius 3 is 2.60 bits per heavy atom. The molecule has 0 aliphatic heterocycles. The van der Waals surface area contributed by atoms with Crippen LogP contribution in [0.3, 0.4) is 0 Å². The maximum atomic E-state index is 12.9. The molecule has 1 aliphatic rings. The van der Waals surface area contributed by atoms with Crippen molar-refractivity contribution >= 4 is 11.9 Å². The van der Waals surface area contributed by atoms with Crippen LogP contribution in [0.1, 0.15) is 33.8 Å². The van der Waals surface area contributed by atoms with E-state index in [-0.39, 0.29) is 34.9 Å². The molecule has 1 aliphatic carbocycles. The van der Waals surface area contributed by atoms with Gasteiger partial charge in [0.25, 0.3) is 0 Å². The number of halogens is 1. The highest BCUT2D eigenvalue weighted by atomic mass is 19.1. The standard InChI is InChI=1S/C19H18FNO4/c1-25-17-8-11(2-7-14(17)19(23)24)10-21-18(22)16-9-15(16)12-3-5-13(20)6-4-12/h2-8,15-16H,9-10H2,1H3,(H,21,22)(H,23,24)/t15-,16-/m1/s1. The number of nitrogens with one attached hydrogen (secondary N) is 1. The Kier molecular flexibility index (Phi) is 4.70. The first-order valence-electron chi connectivity index (χ1n) is 7.93. The number of ether oxygens (including phenoxy) is 1. The van der Waals surface area contributed by atoms with Gasteiger partial charge in [-0.1, -0.05) is 18.2 Å². The zero-order valence-corrected chi connectivity index (χ0v) is 13.7. The van der Waals surface area contributed by atoms with Gasteiger partial charge in [0.15, 0.2) is 0 Å². The van der Waals surface area contributed by atoms with Crippen molar-refractivity contribution in [3.63, 3.8) is 0 Å². The molecule has 2 N–H and O–H groups in total. The number of aromatic carboxylic acids is 1. The molecule has 5 nitrogen and oxygen atoms in total. The van der Waals surface area contributed by atoms with Crippen LogP contribution in [0.5, 0.6) is 5.75 Å². The van der Waals surface area contributed by atoms with Crippen molar-refractivity contribution < 1.29 is 23.8 Å². The highest BCUT2D eigenvalue weighted by Gasteiger charge is 2.43. The van der Waals surface area contributed by atoms with Gasteiger partial charge in [-0.05, 0) is 47.7 Å². The van der Waals surface area contributed by atoms with Crippen LogP contribution >= 0.6 is 0 Å². The molecule has 0 bridgehead atoms. The maximum Gasteiger partial charge on any atom is 0.339 e. The minimum absolute atomic E-state index is 0.0596. The third kappa shape index (κ3) is 3.79. The lowest BCUT2D eigenvalue weighted by atomic mass is 10.1. The summed E-state index contributed by atoms with van der Waals surface area (Å²) in [7, 11) is 1.40. The minimum Gasteiger partial charge on any atom is -0.496 e. The number of benzene rings is 2. The van der Waals surface area contributed by atoms with Crippen molar-refractivity contribution in [2.45, 2.75) is 18.9 Å². The zero-order chi connectivity index (χ0) is 18.0. The topological polar surface area (TPSA) is 75.6 Å². The Labute approximate surface area is 144 Å². The molecule has 1 amide bonds. The van der Waals surface area contributed by atoms with Gasteiger partial charge in [0.2, 0.25) is 5.91 Å². The molecule has 0 saturated heterocycles. The lowest BCUT2D eigenvalue weighted by molar-refractivity contribution is -0.122. The Hall–Kier alpha value is -2.89. The number of hydrogen-bond acceptors (Lipinski definition) is 3. The van der Waals surface area contributed by atoms with E-state index < -0.39 is 5.97 Å². The van der Waals surface area contributed by atoms with Gasteiger partial charge in [-0.25, -0.2) is 9.18 Å². The fraction of sp³-hybridized carbons (Fsp3) is 0.263. The Balaban J connectivity index is 1.58. The fourth-order valence-electron chi connectivity index (χ4n) is 2.91. The smallest absolute Gasteiger partial charge is 0.339 e. The number of carboxylic acids is 1. The van der Waals surface area contributed by atoms with E-state index in [1.54, 1.807) is 24.3 Å². The largest absolute Gasteiger partial charge is 0.496 e. The normalized spacial score (nSPS) is 18.5. The molecular formula is C19H18FNO4. The molecule has 2 aromatic rings. The Morgan fingerprint density at radius 2 is 1.96 bits per heavy atom. The van der Waals surface area contributed by atoms with Crippen LogP contribution in [0.15, 0.2) is 42.5 Å². The number of amides is 1. The van der Waals surface area contributed by atoms with Gasteiger partial charge in [0.05, 0.1) is 7.11 Å². The van der Waals surface area contributed by atoms with Crippen LogP contribution in [0.2, 0.25) is 0 Å². The monoisotopic (exact) mass is 343 g/mol. The molecular weight excluding hydrogens is 325 g/mol. The summed E-state index contributed by atoms with van der Waals surface area (Å²) in [5.41, 5.74) is 1.80. The molecule has 0 unspecified atom stereocenters. The SMILES string of the molecule is COc1cc(CNC(=O)[C@@H]2C[C@@H]2c2ccc(F)cc2)ccc1C(=O)O. The highest BCUT2D eigenvalue weighted by Crippen LogP contribution is 2.47. The van der Waals surface area contributed by atoms with Crippen LogP contribution in [-0.2, 0) is 11.3 Å². The summed E-state index contributed by atoms with van der Waals surface area (Å²) in [6, 6.07) is 10.9. The number of carbonyl (C=O) groups is 2. The summed E-state index contributed by atoms with van der Waals surface area (Å²) < 4.78 is 18.0. The zero-order valence-electron chi connectivity index (χ0n) is 13.7. The van der Waals surface area contributed by atoms with Gasteiger partial charge < -0.3 is 15.2 Å². The molecule has 0 heterocycles. The van der Waals surface area contributed by atoms with Crippen molar-refractivity contribution in [2.75, 3.05) is 7.11 Å². The second-order valence-corrected chi connectivity index (χ2v) is 6.06. The van der Waals surface area contributed by atoms with Gasteiger partial charge in [0, 0.05) is 12.5 Å². The lowest BCUT2D eigenvalue weighted by Crippen LogP contribution is -2.25. The molecule has 6 heteroatoms. The predicted octanol–water partition coefficient (Wildman–Crippen LogP) is 2.95. The molecule has 2 atom stereocenters. The second kappa shape index (κ2) is 6.93. The van der Waals surface area contributed by atoms with E-state index in [2.05, 4.69) is 5.32 Å². The third-order valence-corrected chi connectivity index (χ3v) is 4.39. The quantitative estimate of drug-likeness (QED) is 0.845. The summed E-state index contributed by atoms with van der Waals surface area (Å²) in [4.78, 5) is 23.3. The average Bonchev–Trinajstić information content (AvgIpc) is 3.40. The van der Waals surface area contributed by atoms with Crippen LogP contribution in [0, 0.1) is 11.7 Å². The summed E-state index contributed by atoms with van der Waals surface area (Å²) in [6.07, 6.45) is 0.749. The van der Waals surface area contributed by atoms with E-state index in [0.29, 0.717) is 6.54 Å². The van der Waals surface area contributed by atoms with Crippen LogP contribution in [0.25, 0.3) is 0 Å². The first kappa shape index (κ1) is 17.0. The summed E-state index contributed by atoms with van der Waals surface area (Å²) in [5, 5.41) is 11.9. The van der Waals surface area contributed by atoms with Gasteiger partial charge in [-0.3, -0.25) is 4.79 Å². The van der Waals surface area contributed by atoms with Crippen LogP contribution < -0.4 is 10.1 Å². The number of methoxy groups -OCH3 is 1. The number of hydrogen-bond donors (Lipinski definition) is 2. The van der Waals surface area contributed by atoms with Gasteiger partial charge >= 0.3 is 5.97 Å². The van der Waals surface area contributed by atoms with Crippen molar-refractivity contribution in [3.8, 4) is 5.75 Å². The van der Waals surface area contributed by atoms with E-state index in [1.807, 2.05) is 0 Å². The summed E-state index contributed by atoms with van der Waals surface area (Å²) in [6.45, 7) is 0.293. The van der Waals surface area contributed by atoms with Gasteiger partial charge in [-0.2, -0.15) is 0 Å². The molecule has 3 rings (SSSR count). The first-order valence-corrected chi connectivity index (χ1v) is 7.93. The molecule has 1 saturated carbocycles. The Morgan fingerprint density at radius 1 is 1.24 bits per heavy atom. The van der Waals surface area contributed by atoms with Crippen LogP contribution in [0.4, 0.5) is 4.39 Å². The number of carboxylic acid groups (broad SMARTS) is 1. The minimum atomic E-state index is -1.06. The fourth-order valence-corrected chi connectivity index (χ4v) is 2.91. The molecule has 2 aromatic carbocycles. The molecule has 0 aromatic heterocycles. The second-order valence-electron chi connectivity index (χ2n) is 6.06. The van der Waals surface area contributed by atoms with E-state index in [1.165, 1.54) is 25.3 Å². The van der Waals surface area contributed by atoms with Crippen molar-refractivity contribution in [3.05, 3.63) is 65.0 Å².